The minimum atomic E-state index is -1.05. The van der Waals surface area contributed by atoms with Gasteiger partial charge < -0.3 is 15.3 Å². The van der Waals surface area contributed by atoms with Crippen LogP contribution in [0.2, 0.25) is 0 Å². The van der Waals surface area contributed by atoms with Crippen LogP contribution >= 0.6 is 0 Å². The van der Waals surface area contributed by atoms with Gasteiger partial charge in [-0.05, 0) is 48.7 Å². The molecular weight excluding hydrogens is 335 g/mol. The van der Waals surface area contributed by atoms with Crippen LogP contribution in [0.3, 0.4) is 0 Å². The standard InChI is InChI=1S/C20H21FN2O3/c1-12(2)20(3)19(26)22-16-10-14(18(24)25)6-9-17(16)23(20)11-13-4-7-15(21)8-5-13/h4-10,12H,11H2,1-3H3,(H,22,26)(H,24,25)/t20-/m0/s1. The molecule has 0 spiro atoms. The predicted molar refractivity (Wildman–Crippen MR) is 97.9 cm³/mol. The molecule has 0 aromatic heterocycles. The van der Waals surface area contributed by atoms with Gasteiger partial charge in [-0.15, -0.1) is 0 Å². The van der Waals surface area contributed by atoms with E-state index in [9.17, 15) is 19.1 Å². The summed E-state index contributed by atoms with van der Waals surface area (Å²) in [6.45, 7) is 6.20. The summed E-state index contributed by atoms with van der Waals surface area (Å²) in [4.78, 5) is 26.1. The van der Waals surface area contributed by atoms with E-state index in [2.05, 4.69) is 5.32 Å². The number of halogens is 1. The van der Waals surface area contributed by atoms with E-state index >= 15 is 0 Å². The van der Waals surface area contributed by atoms with Crippen molar-refractivity contribution >= 4 is 23.3 Å². The summed E-state index contributed by atoms with van der Waals surface area (Å²) in [7, 11) is 0. The molecule has 0 aliphatic carbocycles. The minimum absolute atomic E-state index is 0.00440. The molecule has 0 unspecified atom stereocenters. The van der Waals surface area contributed by atoms with Crippen LogP contribution in [0.15, 0.2) is 42.5 Å². The number of nitrogens with one attached hydrogen (secondary N) is 1. The highest BCUT2D eigenvalue weighted by Crippen LogP contribution is 2.41. The molecule has 1 aliphatic heterocycles. The van der Waals surface area contributed by atoms with Crippen LogP contribution in [0, 0.1) is 11.7 Å². The lowest BCUT2D eigenvalue weighted by atomic mass is 9.82. The molecule has 0 radical (unpaired) electrons. The zero-order chi connectivity index (χ0) is 19.1. The van der Waals surface area contributed by atoms with Gasteiger partial charge in [0, 0.05) is 6.54 Å². The minimum Gasteiger partial charge on any atom is -0.478 e. The molecular formula is C20H21FN2O3. The van der Waals surface area contributed by atoms with Crippen LogP contribution in [0.4, 0.5) is 15.8 Å². The average molecular weight is 356 g/mol. The van der Waals surface area contributed by atoms with Crippen LogP contribution in [0.5, 0.6) is 0 Å². The Kier molecular flexibility index (Phi) is 4.44. The number of carboxylic acid groups (broad SMARTS) is 1. The Morgan fingerprint density at radius 3 is 2.46 bits per heavy atom. The Hall–Kier alpha value is -2.89. The quantitative estimate of drug-likeness (QED) is 0.872. The summed E-state index contributed by atoms with van der Waals surface area (Å²) < 4.78 is 13.2. The van der Waals surface area contributed by atoms with Gasteiger partial charge in [-0.25, -0.2) is 9.18 Å². The van der Waals surface area contributed by atoms with Crippen LogP contribution in [-0.2, 0) is 11.3 Å². The molecule has 0 fully saturated rings. The lowest BCUT2D eigenvalue weighted by molar-refractivity contribution is -0.122. The fourth-order valence-electron chi connectivity index (χ4n) is 3.22. The van der Waals surface area contributed by atoms with E-state index in [0.717, 1.165) is 11.3 Å². The lowest BCUT2D eigenvalue weighted by Gasteiger charge is -2.48. The number of anilines is 2. The van der Waals surface area contributed by atoms with Crippen molar-refractivity contribution in [2.75, 3.05) is 10.2 Å². The zero-order valence-corrected chi connectivity index (χ0v) is 14.9. The Morgan fingerprint density at radius 2 is 1.88 bits per heavy atom. The monoisotopic (exact) mass is 356 g/mol. The van der Waals surface area contributed by atoms with Gasteiger partial charge in [-0.3, -0.25) is 4.79 Å². The molecule has 0 bridgehead atoms. The highest BCUT2D eigenvalue weighted by molar-refractivity contribution is 6.07. The summed E-state index contributed by atoms with van der Waals surface area (Å²) in [5.41, 5.74) is 1.36. The first-order valence-corrected chi connectivity index (χ1v) is 8.44. The van der Waals surface area contributed by atoms with Crippen LogP contribution < -0.4 is 10.2 Å². The molecule has 26 heavy (non-hydrogen) atoms. The van der Waals surface area contributed by atoms with Crippen molar-refractivity contribution in [2.24, 2.45) is 5.92 Å². The van der Waals surface area contributed by atoms with Gasteiger partial charge in [-0.1, -0.05) is 26.0 Å². The maximum Gasteiger partial charge on any atom is 0.335 e. The van der Waals surface area contributed by atoms with E-state index in [0.29, 0.717) is 12.2 Å². The molecule has 1 amide bonds. The summed E-state index contributed by atoms with van der Waals surface area (Å²) in [5, 5.41) is 12.1. The number of aromatic carboxylic acids is 1. The van der Waals surface area contributed by atoms with E-state index in [4.69, 9.17) is 0 Å². The molecule has 1 heterocycles. The second kappa shape index (κ2) is 6.44. The van der Waals surface area contributed by atoms with Gasteiger partial charge in [0.25, 0.3) is 0 Å². The van der Waals surface area contributed by atoms with Gasteiger partial charge in [0.1, 0.15) is 11.4 Å². The van der Waals surface area contributed by atoms with E-state index in [-0.39, 0.29) is 23.2 Å². The SMILES string of the molecule is CC(C)[C@@]1(C)C(=O)Nc2cc(C(=O)O)ccc2N1Cc1ccc(F)cc1. The molecule has 3 rings (SSSR count). The maximum atomic E-state index is 13.2. The molecule has 0 saturated heterocycles. The second-order valence-electron chi connectivity index (χ2n) is 7.01. The Morgan fingerprint density at radius 1 is 1.23 bits per heavy atom. The second-order valence-corrected chi connectivity index (χ2v) is 7.01. The average Bonchev–Trinajstić information content (AvgIpc) is 2.59. The first-order valence-electron chi connectivity index (χ1n) is 8.44. The molecule has 0 saturated carbocycles. The number of rotatable bonds is 4. The third kappa shape index (κ3) is 2.92. The topological polar surface area (TPSA) is 69.6 Å². The first kappa shape index (κ1) is 17.9. The smallest absolute Gasteiger partial charge is 0.335 e. The first-order chi connectivity index (χ1) is 12.2. The molecule has 2 aromatic carbocycles. The fraction of sp³-hybridized carbons (Fsp3) is 0.300. The van der Waals surface area contributed by atoms with Gasteiger partial charge in [0.05, 0.1) is 16.9 Å². The van der Waals surface area contributed by atoms with Crippen molar-refractivity contribution in [1.29, 1.82) is 0 Å². The van der Waals surface area contributed by atoms with Crippen LogP contribution in [0.25, 0.3) is 0 Å². The Labute approximate surface area is 151 Å². The fourth-order valence-corrected chi connectivity index (χ4v) is 3.22. The van der Waals surface area contributed by atoms with Crippen molar-refractivity contribution in [2.45, 2.75) is 32.9 Å². The highest BCUT2D eigenvalue weighted by Gasteiger charge is 2.46. The van der Waals surface area contributed by atoms with Gasteiger partial charge in [-0.2, -0.15) is 0 Å². The van der Waals surface area contributed by atoms with Crippen molar-refractivity contribution in [3.8, 4) is 0 Å². The van der Waals surface area contributed by atoms with Crippen molar-refractivity contribution < 1.29 is 19.1 Å². The molecule has 1 aliphatic rings. The molecule has 1 atom stereocenters. The van der Waals surface area contributed by atoms with Crippen molar-refractivity contribution in [3.05, 3.63) is 59.4 Å². The normalized spacial score (nSPS) is 19.3. The number of fused-ring (bicyclic) bond motifs is 1. The van der Waals surface area contributed by atoms with E-state index in [1.165, 1.54) is 24.3 Å². The third-order valence-electron chi connectivity index (χ3n) is 5.18. The third-order valence-corrected chi connectivity index (χ3v) is 5.18. The zero-order valence-electron chi connectivity index (χ0n) is 14.9. The number of carboxylic acids is 1. The summed E-state index contributed by atoms with van der Waals surface area (Å²) >= 11 is 0. The van der Waals surface area contributed by atoms with Gasteiger partial charge in [0.2, 0.25) is 5.91 Å². The van der Waals surface area contributed by atoms with E-state index < -0.39 is 11.5 Å². The molecule has 136 valence electrons. The van der Waals surface area contributed by atoms with Crippen LogP contribution in [0.1, 0.15) is 36.7 Å². The number of benzene rings is 2. The molecule has 6 heteroatoms. The van der Waals surface area contributed by atoms with E-state index in [1.807, 2.05) is 25.7 Å². The number of carbonyl (C=O) groups excluding carboxylic acids is 1. The van der Waals surface area contributed by atoms with Gasteiger partial charge >= 0.3 is 5.97 Å². The summed E-state index contributed by atoms with van der Waals surface area (Å²) in [6, 6.07) is 10.9. The summed E-state index contributed by atoms with van der Waals surface area (Å²) in [6.07, 6.45) is 0. The predicted octanol–water partition coefficient (Wildman–Crippen LogP) is 3.90. The van der Waals surface area contributed by atoms with Crippen molar-refractivity contribution in [3.63, 3.8) is 0 Å². The Balaban J connectivity index is 2.11. The van der Waals surface area contributed by atoms with Gasteiger partial charge in [0.15, 0.2) is 0 Å². The number of nitrogens with zero attached hydrogens (tertiary/aromatic N) is 1. The largest absolute Gasteiger partial charge is 0.478 e. The summed E-state index contributed by atoms with van der Waals surface area (Å²) in [5.74, 6) is -1.56. The lowest BCUT2D eigenvalue weighted by Crippen LogP contribution is -2.60. The number of hydrogen-bond acceptors (Lipinski definition) is 3. The number of hydrogen-bond donors (Lipinski definition) is 2. The number of amides is 1. The Bertz CT molecular complexity index is 864. The molecule has 5 nitrogen and oxygen atoms in total. The number of carbonyl (C=O) groups is 2. The molecule has 2 N–H and O–H groups in total. The van der Waals surface area contributed by atoms with E-state index in [1.54, 1.807) is 18.2 Å². The highest BCUT2D eigenvalue weighted by atomic mass is 19.1. The van der Waals surface area contributed by atoms with Crippen molar-refractivity contribution in [1.82, 2.24) is 0 Å². The molecule has 2 aromatic rings. The van der Waals surface area contributed by atoms with Crippen LogP contribution in [-0.4, -0.2) is 22.5 Å². The maximum absolute atomic E-state index is 13.2.